The number of hydrogen-bond acceptors (Lipinski definition) is 5. The molecule has 0 unspecified atom stereocenters. The van der Waals surface area contributed by atoms with Gasteiger partial charge in [-0.3, -0.25) is 0 Å². The van der Waals surface area contributed by atoms with Crippen LogP contribution in [-0.4, -0.2) is 243 Å². The Balaban J connectivity index is 11.6. The molecule has 316 valence electrons. The third kappa shape index (κ3) is 9.57. The van der Waals surface area contributed by atoms with Crippen LogP contribution in [0.1, 0.15) is 26.7 Å². The van der Waals surface area contributed by atoms with Crippen LogP contribution in [-0.2, 0) is 0 Å². The van der Waals surface area contributed by atoms with E-state index < -0.39 is 37.4 Å². The van der Waals surface area contributed by atoms with Crippen molar-refractivity contribution in [3.63, 3.8) is 0 Å². The SMILES string of the molecule is CCCN(CCC)P(N=P(N(C)C)(N(C)C)N(C)C)(N=P(N(C)C)(N(C)C)N(C)C)(N=P(N(C)C)(N(C)C)N(C)C)N=P(N(C)C)(N(C)C)N(C)C. The minimum absolute atomic E-state index is 0.719. The Labute approximate surface area is 324 Å². The Kier molecular flexibility index (Phi) is 20.3. The first-order valence-electron chi connectivity index (χ1n) is 18.0. The van der Waals surface area contributed by atoms with Crippen molar-refractivity contribution in [3.05, 3.63) is 0 Å². The molecule has 0 aliphatic rings. The quantitative estimate of drug-likeness (QED) is 0.114. The van der Waals surface area contributed by atoms with Gasteiger partial charge >= 0.3 is 325 Å². The Bertz CT molecular complexity index is 1050. The van der Waals surface area contributed by atoms with E-state index in [2.05, 4.69) is 244 Å². The molecule has 0 saturated carbocycles. The predicted octanol–water partition coefficient (Wildman–Crippen LogP) is 6.76. The normalized spacial score (nSPS) is 15.4. The van der Waals surface area contributed by atoms with Crippen LogP contribution in [0.2, 0.25) is 0 Å². The van der Waals surface area contributed by atoms with E-state index in [4.69, 9.17) is 18.1 Å². The Hall–Kier alpha value is 0.830. The molecule has 0 amide bonds. The average molecular weight is 840 g/mol. The molecule has 0 spiro atoms. The molecule has 52 heavy (non-hydrogen) atoms. The van der Waals surface area contributed by atoms with Crippen LogP contribution in [0.5, 0.6) is 0 Å². The van der Waals surface area contributed by atoms with Crippen LogP contribution < -0.4 is 0 Å². The first kappa shape index (κ1) is 52.8. The van der Waals surface area contributed by atoms with Gasteiger partial charge in [0.2, 0.25) is 0 Å². The summed E-state index contributed by atoms with van der Waals surface area (Å²) in [6.45, 7) is 5.95. The fraction of sp³-hybridized carbons (Fsp3) is 1.00. The van der Waals surface area contributed by atoms with Gasteiger partial charge < -0.3 is 0 Å². The Morgan fingerprint density at radius 1 is 0.288 bits per heavy atom. The second kappa shape index (κ2) is 20.0. The molecular formula is C30H86N17P5. The summed E-state index contributed by atoms with van der Waals surface area (Å²) < 4.78 is 56.5. The molecule has 0 heterocycles. The third-order valence-corrected chi connectivity index (χ3v) is 32.3. The molecule has 0 aromatic carbocycles. The predicted molar refractivity (Wildman–Crippen MR) is 241 cm³/mol. The van der Waals surface area contributed by atoms with Gasteiger partial charge in [0.25, 0.3) is 0 Å². The number of hydrogen-bond donors (Lipinski definition) is 0. The second-order valence-corrected chi connectivity index (χ2v) is 34.6. The van der Waals surface area contributed by atoms with Crippen molar-refractivity contribution in [1.29, 1.82) is 0 Å². The van der Waals surface area contributed by atoms with Crippen LogP contribution in [0.3, 0.4) is 0 Å². The van der Waals surface area contributed by atoms with Crippen molar-refractivity contribution >= 4 is 37.4 Å². The van der Waals surface area contributed by atoms with Gasteiger partial charge in [0, 0.05) is 0 Å². The van der Waals surface area contributed by atoms with Crippen LogP contribution in [0.25, 0.3) is 0 Å². The van der Waals surface area contributed by atoms with E-state index >= 15 is 0 Å². The summed E-state index contributed by atoms with van der Waals surface area (Å²) in [6.07, 6.45) is 1.77. The third-order valence-electron chi connectivity index (χ3n) is 9.03. The monoisotopic (exact) mass is 840 g/mol. The van der Waals surface area contributed by atoms with Crippen LogP contribution in [0.15, 0.2) is 18.1 Å². The molecule has 0 bridgehead atoms. The molecule has 0 radical (unpaired) electrons. The van der Waals surface area contributed by atoms with Gasteiger partial charge in [0.1, 0.15) is 0 Å². The molecule has 0 aromatic rings. The molecule has 17 nitrogen and oxygen atoms in total. The van der Waals surface area contributed by atoms with E-state index in [9.17, 15) is 0 Å². The van der Waals surface area contributed by atoms with E-state index in [-0.39, 0.29) is 0 Å². The van der Waals surface area contributed by atoms with Crippen molar-refractivity contribution in [1.82, 2.24) is 60.7 Å². The zero-order valence-electron chi connectivity index (χ0n) is 38.7. The molecule has 0 atom stereocenters. The standard InChI is InChI=1S/C30H86N17P5/c1-27-29-47(30-28-2)52(31-48(35(3)4,36(5)6)37(7)8,32-49(38(9)10,39(11)12)40(13)14,33-50(41(15)16,42(17)18)43(19)20)34-51(44(21)22,45(23)24)46(25)26/h27-30H2,1-26H3. The zero-order chi connectivity index (χ0) is 41.6. The molecule has 0 N–H and O–H groups in total. The number of nitrogens with zero attached hydrogens (tertiary/aromatic N) is 17. The van der Waals surface area contributed by atoms with Gasteiger partial charge in [-0.05, 0) is 0 Å². The second-order valence-electron chi connectivity index (χ2n) is 15.5. The van der Waals surface area contributed by atoms with E-state index in [0.29, 0.717) is 0 Å². The fourth-order valence-electron chi connectivity index (χ4n) is 7.43. The molecule has 0 aromatic heterocycles. The molecule has 0 saturated heterocycles. The zero-order valence-corrected chi connectivity index (χ0v) is 43.1. The molecular weight excluding hydrogens is 753 g/mol. The van der Waals surface area contributed by atoms with Crippen LogP contribution >= 0.6 is 37.4 Å². The maximum atomic E-state index is 6.59. The van der Waals surface area contributed by atoms with Gasteiger partial charge in [-0.2, -0.15) is 0 Å². The first-order chi connectivity index (χ1) is 23.5. The first-order valence-corrected chi connectivity index (χ1v) is 26.4. The van der Waals surface area contributed by atoms with Gasteiger partial charge in [0.05, 0.1) is 0 Å². The van der Waals surface area contributed by atoms with E-state index in [1.165, 1.54) is 0 Å². The Morgan fingerprint density at radius 2 is 0.423 bits per heavy atom. The Morgan fingerprint density at radius 3 is 0.519 bits per heavy atom. The van der Waals surface area contributed by atoms with E-state index in [1.54, 1.807) is 0 Å². The van der Waals surface area contributed by atoms with E-state index in [1.807, 2.05) is 0 Å². The summed E-state index contributed by atoms with van der Waals surface area (Å²) in [5.41, 5.74) is 0. The molecule has 0 aliphatic heterocycles. The maximum absolute atomic E-state index is 6.59. The van der Waals surface area contributed by atoms with Gasteiger partial charge in [-0.1, -0.05) is 0 Å². The van der Waals surface area contributed by atoms with Crippen molar-refractivity contribution < 1.29 is 0 Å². The van der Waals surface area contributed by atoms with E-state index in [0.717, 1.165) is 25.9 Å². The molecule has 22 heteroatoms. The average Bonchev–Trinajstić information content (AvgIpc) is 2.98. The molecule has 0 rings (SSSR count). The summed E-state index contributed by atoms with van der Waals surface area (Å²) in [6, 6.07) is 0. The van der Waals surface area contributed by atoms with Gasteiger partial charge in [-0.25, -0.2) is 0 Å². The summed E-state index contributed by atoms with van der Waals surface area (Å²) in [5, 5.41) is 0. The summed E-state index contributed by atoms with van der Waals surface area (Å²) in [7, 11) is 35.6. The topological polar surface area (TPSA) is 91.6 Å². The minimum atomic E-state index is -4.85. The summed E-state index contributed by atoms with van der Waals surface area (Å²) >= 11 is 0. The molecule has 0 aliphatic carbocycles. The van der Waals surface area contributed by atoms with Crippen LogP contribution in [0, 0.1) is 0 Å². The summed E-state index contributed by atoms with van der Waals surface area (Å²) in [4.78, 5) is 0. The number of rotatable bonds is 21. The van der Waals surface area contributed by atoms with Gasteiger partial charge in [-0.15, -0.1) is 0 Å². The van der Waals surface area contributed by atoms with Crippen molar-refractivity contribution in [3.8, 4) is 0 Å². The van der Waals surface area contributed by atoms with Crippen molar-refractivity contribution in [2.75, 3.05) is 182 Å². The summed E-state index contributed by atoms with van der Waals surface area (Å²) in [5.74, 6) is 0. The van der Waals surface area contributed by atoms with Crippen molar-refractivity contribution in [2.24, 2.45) is 18.1 Å². The van der Waals surface area contributed by atoms with Gasteiger partial charge in [0.15, 0.2) is 0 Å². The fourth-order valence-corrected chi connectivity index (χ4v) is 36.3. The van der Waals surface area contributed by atoms with Crippen LogP contribution in [0.4, 0.5) is 0 Å². The van der Waals surface area contributed by atoms with Crippen molar-refractivity contribution in [2.45, 2.75) is 26.7 Å². The molecule has 0 fully saturated rings.